The highest BCUT2D eigenvalue weighted by atomic mass is 16.3. The monoisotopic (exact) mass is 406 g/mol. The minimum atomic E-state index is 0.000290. The summed E-state index contributed by atoms with van der Waals surface area (Å²) in [4.78, 5) is 9.15. The fraction of sp³-hybridized carbons (Fsp3) is 0.185. The molecule has 0 aliphatic rings. The SMILES string of the molecule is Cc1coc2cc3oc4ncnc(-c5cc(C(C)(C)C)c6ccccc6c5)c4c3cc12. The van der Waals surface area contributed by atoms with E-state index < -0.39 is 0 Å². The van der Waals surface area contributed by atoms with Crippen molar-refractivity contribution in [1.29, 1.82) is 0 Å². The Labute approximate surface area is 179 Å². The van der Waals surface area contributed by atoms with E-state index in [1.54, 1.807) is 12.6 Å². The number of rotatable bonds is 1. The lowest BCUT2D eigenvalue weighted by Crippen LogP contribution is -2.12. The van der Waals surface area contributed by atoms with Gasteiger partial charge in [-0.15, -0.1) is 0 Å². The number of hydrogen-bond acceptors (Lipinski definition) is 4. The average molecular weight is 406 g/mol. The molecule has 3 aromatic heterocycles. The average Bonchev–Trinajstić information content (AvgIpc) is 3.30. The maximum absolute atomic E-state index is 6.11. The number of aromatic nitrogens is 2. The van der Waals surface area contributed by atoms with Gasteiger partial charge in [-0.3, -0.25) is 0 Å². The predicted molar refractivity (Wildman–Crippen MR) is 125 cm³/mol. The molecule has 0 radical (unpaired) electrons. The largest absolute Gasteiger partial charge is 0.464 e. The summed E-state index contributed by atoms with van der Waals surface area (Å²) >= 11 is 0. The van der Waals surface area contributed by atoms with E-state index >= 15 is 0 Å². The molecule has 0 atom stereocenters. The zero-order valence-corrected chi connectivity index (χ0v) is 18.0. The third kappa shape index (κ3) is 2.68. The standard InChI is InChI=1S/C27H22N2O2/c1-15-13-30-22-12-23-20(11-19(15)22)24-25(28-14-29-26(24)31-23)17-9-16-7-5-6-8-18(16)21(10-17)27(2,3)4/h5-14H,1-4H3. The molecule has 0 bridgehead atoms. The Morgan fingerprint density at radius 2 is 1.68 bits per heavy atom. The van der Waals surface area contributed by atoms with Gasteiger partial charge in [0.15, 0.2) is 0 Å². The third-order valence-electron chi connectivity index (χ3n) is 6.10. The molecule has 0 spiro atoms. The van der Waals surface area contributed by atoms with Gasteiger partial charge in [-0.25, -0.2) is 9.97 Å². The minimum absolute atomic E-state index is 0.000290. The zero-order valence-electron chi connectivity index (χ0n) is 18.0. The van der Waals surface area contributed by atoms with Crippen molar-refractivity contribution in [2.45, 2.75) is 33.1 Å². The van der Waals surface area contributed by atoms with E-state index in [9.17, 15) is 0 Å². The van der Waals surface area contributed by atoms with Crippen LogP contribution in [-0.4, -0.2) is 9.97 Å². The van der Waals surface area contributed by atoms with Crippen LogP contribution in [0.4, 0.5) is 0 Å². The highest BCUT2D eigenvalue weighted by Gasteiger charge is 2.21. The summed E-state index contributed by atoms with van der Waals surface area (Å²) < 4.78 is 11.8. The number of furan rings is 2. The second kappa shape index (κ2) is 6.17. The van der Waals surface area contributed by atoms with Gasteiger partial charge in [0.25, 0.3) is 0 Å². The first-order chi connectivity index (χ1) is 14.9. The number of aryl methyl sites for hydroxylation is 1. The molecule has 0 amide bonds. The van der Waals surface area contributed by atoms with Gasteiger partial charge >= 0.3 is 0 Å². The van der Waals surface area contributed by atoms with Gasteiger partial charge in [-0.05, 0) is 52.4 Å². The van der Waals surface area contributed by atoms with Crippen LogP contribution in [0.1, 0.15) is 31.9 Å². The molecular weight excluding hydrogens is 384 g/mol. The zero-order chi connectivity index (χ0) is 21.3. The van der Waals surface area contributed by atoms with Gasteiger partial charge in [-0.1, -0.05) is 45.0 Å². The first-order valence-electron chi connectivity index (χ1n) is 10.5. The van der Waals surface area contributed by atoms with E-state index in [1.165, 1.54) is 16.3 Å². The second-order valence-corrected chi connectivity index (χ2v) is 9.26. The Bertz CT molecular complexity index is 1630. The molecule has 0 aliphatic heterocycles. The summed E-state index contributed by atoms with van der Waals surface area (Å²) in [6, 6.07) is 17.1. The van der Waals surface area contributed by atoms with Gasteiger partial charge in [-0.2, -0.15) is 0 Å². The van der Waals surface area contributed by atoms with Gasteiger partial charge in [0, 0.05) is 22.4 Å². The summed E-state index contributed by atoms with van der Waals surface area (Å²) in [5, 5.41) is 5.51. The van der Waals surface area contributed by atoms with Crippen molar-refractivity contribution >= 4 is 43.8 Å². The first kappa shape index (κ1) is 18.1. The molecule has 31 heavy (non-hydrogen) atoms. The Kier molecular flexibility index (Phi) is 3.61. The fourth-order valence-electron chi connectivity index (χ4n) is 4.54. The highest BCUT2D eigenvalue weighted by Crippen LogP contribution is 2.40. The normalized spacial score (nSPS) is 12.5. The molecule has 0 N–H and O–H groups in total. The molecule has 4 heteroatoms. The number of nitrogens with zero attached hydrogens (tertiary/aromatic N) is 2. The quantitative estimate of drug-likeness (QED) is 0.283. The molecule has 6 aromatic rings. The molecule has 6 rings (SSSR count). The molecule has 3 aromatic carbocycles. The van der Waals surface area contributed by atoms with Crippen LogP contribution in [-0.2, 0) is 5.41 Å². The van der Waals surface area contributed by atoms with Gasteiger partial charge in [0.1, 0.15) is 17.5 Å². The van der Waals surface area contributed by atoms with E-state index in [2.05, 4.69) is 75.1 Å². The lowest BCUT2D eigenvalue weighted by molar-refractivity contribution is 0.596. The second-order valence-electron chi connectivity index (χ2n) is 9.26. The van der Waals surface area contributed by atoms with Gasteiger partial charge in [0.05, 0.1) is 17.3 Å². The maximum atomic E-state index is 6.11. The number of fused-ring (bicyclic) bond motifs is 5. The minimum Gasteiger partial charge on any atom is -0.464 e. The Morgan fingerprint density at radius 1 is 0.839 bits per heavy atom. The summed E-state index contributed by atoms with van der Waals surface area (Å²) in [6.45, 7) is 8.80. The summed E-state index contributed by atoms with van der Waals surface area (Å²) in [5.41, 5.74) is 6.53. The molecule has 0 saturated carbocycles. The van der Waals surface area contributed by atoms with Crippen LogP contribution < -0.4 is 0 Å². The predicted octanol–water partition coefficient (Wildman–Crippen LogP) is 7.55. The Morgan fingerprint density at radius 3 is 2.52 bits per heavy atom. The Hall–Kier alpha value is -3.66. The van der Waals surface area contributed by atoms with E-state index in [-0.39, 0.29) is 5.41 Å². The van der Waals surface area contributed by atoms with Crippen molar-refractivity contribution in [1.82, 2.24) is 9.97 Å². The summed E-state index contributed by atoms with van der Waals surface area (Å²) in [5.74, 6) is 0. The fourth-order valence-corrected chi connectivity index (χ4v) is 4.54. The van der Waals surface area contributed by atoms with E-state index in [0.29, 0.717) is 5.71 Å². The van der Waals surface area contributed by atoms with Crippen LogP contribution in [0.15, 0.2) is 70.0 Å². The van der Waals surface area contributed by atoms with Crippen molar-refractivity contribution < 1.29 is 8.83 Å². The molecule has 0 saturated heterocycles. The molecule has 0 fully saturated rings. The van der Waals surface area contributed by atoms with Crippen LogP contribution in [0.2, 0.25) is 0 Å². The summed E-state index contributed by atoms with van der Waals surface area (Å²) in [7, 11) is 0. The third-order valence-corrected chi connectivity index (χ3v) is 6.10. The maximum Gasteiger partial charge on any atom is 0.230 e. The molecular formula is C27H22N2O2. The van der Waals surface area contributed by atoms with Crippen molar-refractivity contribution in [2.75, 3.05) is 0 Å². The summed E-state index contributed by atoms with van der Waals surface area (Å²) in [6.07, 6.45) is 3.36. The first-order valence-corrected chi connectivity index (χ1v) is 10.5. The highest BCUT2D eigenvalue weighted by molar-refractivity contribution is 6.14. The molecule has 0 unspecified atom stereocenters. The van der Waals surface area contributed by atoms with Crippen LogP contribution in [0.3, 0.4) is 0 Å². The van der Waals surface area contributed by atoms with E-state index in [4.69, 9.17) is 13.8 Å². The smallest absolute Gasteiger partial charge is 0.230 e. The number of benzene rings is 3. The van der Waals surface area contributed by atoms with Gasteiger partial charge < -0.3 is 8.83 Å². The van der Waals surface area contributed by atoms with Crippen LogP contribution in [0.25, 0.3) is 55.1 Å². The lowest BCUT2D eigenvalue weighted by Gasteiger charge is -2.22. The van der Waals surface area contributed by atoms with Crippen molar-refractivity contribution in [3.63, 3.8) is 0 Å². The Balaban J connectivity index is 1.72. The van der Waals surface area contributed by atoms with Crippen molar-refractivity contribution in [2.24, 2.45) is 0 Å². The molecule has 3 heterocycles. The molecule has 4 nitrogen and oxygen atoms in total. The van der Waals surface area contributed by atoms with Crippen molar-refractivity contribution in [3.8, 4) is 11.3 Å². The number of hydrogen-bond donors (Lipinski definition) is 0. The van der Waals surface area contributed by atoms with Crippen LogP contribution in [0.5, 0.6) is 0 Å². The van der Waals surface area contributed by atoms with Crippen LogP contribution in [0, 0.1) is 6.92 Å². The topological polar surface area (TPSA) is 52.1 Å². The van der Waals surface area contributed by atoms with E-state index in [0.717, 1.165) is 44.1 Å². The van der Waals surface area contributed by atoms with Gasteiger partial charge in [0.2, 0.25) is 5.71 Å². The van der Waals surface area contributed by atoms with Crippen LogP contribution >= 0.6 is 0 Å². The lowest BCUT2D eigenvalue weighted by atomic mass is 9.82. The molecule has 0 aliphatic carbocycles. The van der Waals surface area contributed by atoms with E-state index in [1.807, 2.05) is 6.07 Å². The van der Waals surface area contributed by atoms with Crippen molar-refractivity contribution in [3.05, 3.63) is 72.2 Å². The molecule has 152 valence electrons.